The molecule has 2 aliphatic rings. The minimum absolute atomic E-state index is 0.288. The topological polar surface area (TPSA) is 84.7 Å². The zero-order chi connectivity index (χ0) is 13.7. The molecule has 7 heteroatoms. The maximum absolute atomic E-state index is 12.1. The minimum atomic E-state index is -3.36. The van der Waals surface area contributed by atoms with E-state index in [2.05, 4.69) is 4.72 Å². The van der Waals surface area contributed by atoms with Crippen molar-refractivity contribution in [2.75, 3.05) is 39.4 Å². The van der Waals surface area contributed by atoms with Gasteiger partial charge in [0.05, 0.1) is 6.61 Å². The van der Waals surface area contributed by atoms with Crippen LogP contribution in [0.3, 0.4) is 0 Å². The van der Waals surface area contributed by atoms with Crippen molar-refractivity contribution < 1.29 is 13.2 Å². The zero-order valence-corrected chi connectivity index (χ0v) is 12.2. The fourth-order valence-electron chi connectivity index (χ4n) is 2.31. The second-order valence-electron chi connectivity index (χ2n) is 5.52. The molecule has 0 aromatic carbocycles. The number of nitrogens with zero attached hydrogens (tertiary/aromatic N) is 1. The predicted molar refractivity (Wildman–Crippen MR) is 73.8 cm³/mol. The van der Waals surface area contributed by atoms with E-state index in [1.165, 1.54) is 17.1 Å². The number of piperidine rings is 1. The van der Waals surface area contributed by atoms with Gasteiger partial charge in [0.15, 0.2) is 0 Å². The summed E-state index contributed by atoms with van der Waals surface area (Å²) in [6, 6.07) is 0. The largest absolute Gasteiger partial charge is 0.380 e. The molecule has 0 radical (unpaired) electrons. The van der Waals surface area contributed by atoms with E-state index in [-0.39, 0.29) is 5.92 Å². The Bertz CT molecular complexity index is 370. The molecule has 1 aliphatic carbocycles. The van der Waals surface area contributed by atoms with Gasteiger partial charge in [-0.3, -0.25) is 0 Å². The predicted octanol–water partition coefficient (Wildman–Crippen LogP) is -0.0819. The van der Waals surface area contributed by atoms with Crippen LogP contribution in [-0.2, 0) is 14.9 Å². The second kappa shape index (κ2) is 6.99. The van der Waals surface area contributed by atoms with Crippen molar-refractivity contribution in [2.24, 2.45) is 17.6 Å². The van der Waals surface area contributed by atoms with E-state index in [0.29, 0.717) is 38.7 Å². The summed E-state index contributed by atoms with van der Waals surface area (Å²) < 4.78 is 33.7. The SMILES string of the molecule is NCC1CCCN(S(=O)(=O)NCCOCC2CC2)C1. The van der Waals surface area contributed by atoms with E-state index in [0.717, 1.165) is 19.4 Å². The molecule has 0 aromatic rings. The first-order valence-electron chi connectivity index (χ1n) is 7.14. The first-order valence-corrected chi connectivity index (χ1v) is 8.58. The minimum Gasteiger partial charge on any atom is -0.380 e. The zero-order valence-electron chi connectivity index (χ0n) is 11.4. The van der Waals surface area contributed by atoms with Crippen molar-refractivity contribution in [3.05, 3.63) is 0 Å². The fraction of sp³-hybridized carbons (Fsp3) is 1.00. The highest BCUT2D eigenvalue weighted by atomic mass is 32.2. The molecule has 0 amide bonds. The van der Waals surface area contributed by atoms with E-state index in [1.807, 2.05) is 0 Å². The summed E-state index contributed by atoms with van der Waals surface area (Å²) in [7, 11) is -3.36. The van der Waals surface area contributed by atoms with E-state index in [4.69, 9.17) is 10.5 Å². The van der Waals surface area contributed by atoms with Crippen LogP contribution < -0.4 is 10.5 Å². The van der Waals surface area contributed by atoms with Crippen molar-refractivity contribution in [2.45, 2.75) is 25.7 Å². The van der Waals surface area contributed by atoms with Crippen LogP contribution >= 0.6 is 0 Å². The Morgan fingerprint density at radius 1 is 1.26 bits per heavy atom. The van der Waals surface area contributed by atoms with Crippen molar-refractivity contribution in [1.82, 2.24) is 9.03 Å². The molecule has 1 saturated carbocycles. The third-order valence-electron chi connectivity index (χ3n) is 3.74. The van der Waals surface area contributed by atoms with Gasteiger partial charge < -0.3 is 10.5 Å². The maximum atomic E-state index is 12.1. The summed E-state index contributed by atoms with van der Waals surface area (Å²) in [6.45, 7) is 3.24. The second-order valence-corrected chi connectivity index (χ2v) is 7.27. The number of nitrogens with two attached hydrogens (primary N) is 1. The third-order valence-corrected chi connectivity index (χ3v) is 5.32. The van der Waals surface area contributed by atoms with Gasteiger partial charge in [-0.1, -0.05) is 0 Å². The first-order chi connectivity index (χ1) is 9.12. The molecule has 1 heterocycles. The molecule has 2 rings (SSSR count). The Morgan fingerprint density at radius 2 is 2.05 bits per heavy atom. The average molecular weight is 291 g/mol. The fourth-order valence-corrected chi connectivity index (χ4v) is 3.61. The number of hydrogen-bond acceptors (Lipinski definition) is 4. The normalized spacial score (nSPS) is 25.6. The van der Waals surface area contributed by atoms with Crippen LogP contribution in [0.25, 0.3) is 0 Å². The van der Waals surface area contributed by atoms with Crippen molar-refractivity contribution in [1.29, 1.82) is 0 Å². The summed E-state index contributed by atoms with van der Waals surface area (Å²) in [6.07, 6.45) is 4.41. The lowest BCUT2D eigenvalue weighted by Crippen LogP contribution is -2.47. The van der Waals surface area contributed by atoms with Crippen LogP contribution in [0, 0.1) is 11.8 Å². The highest BCUT2D eigenvalue weighted by Crippen LogP contribution is 2.28. The lowest BCUT2D eigenvalue weighted by atomic mass is 10.0. The Hall–Kier alpha value is -0.210. The van der Waals surface area contributed by atoms with Gasteiger partial charge in [-0.25, -0.2) is 0 Å². The van der Waals surface area contributed by atoms with Crippen molar-refractivity contribution in [3.8, 4) is 0 Å². The summed E-state index contributed by atoms with van der Waals surface area (Å²) in [5.41, 5.74) is 5.62. The molecule has 19 heavy (non-hydrogen) atoms. The maximum Gasteiger partial charge on any atom is 0.279 e. The molecule has 1 atom stereocenters. The molecular formula is C12H25N3O3S. The van der Waals surface area contributed by atoms with Gasteiger partial charge in [0.25, 0.3) is 10.2 Å². The van der Waals surface area contributed by atoms with Crippen LogP contribution in [0.15, 0.2) is 0 Å². The van der Waals surface area contributed by atoms with Crippen LogP contribution in [0.5, 0.6) is 0 Å². The van der Waals surface area contributed by atoms with E-state index >= 15 is 0 Å². The molecule has 1 saturated heterocycles. The summed E-state index contributed by atoms with van der Waals surface area (Å²) >= 11 is 0. The lowest BCUT2D eigenvalue weighted by molar-refractivity contribution is 0.129. The van der Waals surface area contributed by atoms with E-state index in [1.54, 1.807) is 0 Å². The van der Waals surface area contributed by atoms with Gasteiger partial charge in [-0.15, -0.1) is 0 Å². The number of nitrogens with one attached hydrogen (secondary N) is 1. The lowest BCUT2D eigenvalue weighted by Gasteiger charge is -2.31. The van der Waals surface area contributed by atoms with Crippen LogP contribution in [-0.4, -0.2) is 52.1 Å². The van der Waals surface area contributed by atoms with Gasteiger partial charge in [0.1, 0.15) is 0 Å². The molecule has 3 N–H and O–H groups in total. The van der Waals surface area contributed by atoms with Gasteiger partial charge in [0.2, 0.25) is 0 Å². The summed E-state index contributed by atoms with van der Waals surface area (Å²) in [5, 5.41) is 0. The number of rotatable bonds is 8. The highest BCUT2D eigenvalue weighted by molar-refractivity contribution is 7.87. The molecule has 0 bridgehead atoms. The quantitative estimate of drug-likeness (QED) is 0.613. The molecular weight excluding hydrogens is 266 g/mol. The van der Waals surface area contributed by atoms with E-state index in [9.17, 15) is 8.42 Å². The third kappa shape index (κ3) is 5.00. The van der Waals surface area contributed by atoms with Gasteiger partial charge in [-0.2, -0.15) is 17.4 Å². The van der Waals surface area contributed by atoms with E-state index < -0.39 is 10.2 Å². The molecule has 1 aliphatic heterocycles. The number of ether oxygens (including phenoxy) is 1. The summed E-state index contributed by atoms with van der Waals surface area (Å²) in [5.74, 6) is 1.00. The molecule has 112 valence electrons. The highest BCUT2D eigenvalue weighted by Gasteiger charge is 2.27. The smallest absolute Gasteiger partial charge is 0.279 e. The molecule has 0 aromatic heterocycles. The molecule has 2 fully saturated rings. The Balaban J connectivity index is 1.67. The Kier molecular flexibility index (Phi) is 5.58. The van der Waals surface area contributed by atoms with Crippen LogP contribution in [0.2, 0.25) is 0 Å². The molecule has 1 unspecified atom stereocenters. The Morgan fingerprint density at radius 3 is 2.74 bits per heavy atom. The van der Waals surface area contributed by atoms with Crippen molar-refractivity contribution >= 4 is 10.2 Å². The van der Waals surface area contributed by atoms with Crippen molar-refractivity contribution in [3.63, 3.8) is 0 Å². The molecule has 6 nitrogen and oxygen atoms in total. The van der Waals surface area contributed by atoms with Crippen LogP contribution in [0.1, 0.15) is 25.7 Å². The van der Waals surface area contributed by atoms with Gasteiger partial charge in [-0.05, 0) is 44.1 Å². The monoisotopic (exact) mass is 291 g/mol. The standard InChI is InChI=1S/C12H25N3O3S/c13-8-12-2-1-6-15(9-12)19(16,17)14-5-7-18-10-11-3-4-11/h11-12,14H,1-10,13H2. The number of hydrogen-bond donors (Lipinski definition) is 2. The Labute approximate surface area is 115 Å². The average Bonchev–Trinajstić information content (AvgIpc) is 3.22. The molecule has 0 spiro atoms. The first kappa shape index (κ1) is 15.2. The summed E-state index contributed by atoms with van der Waals surface area (Å²) in [4.78, 5) is 0. The van der Waals surface area contributed by atoms with Gasteiger partial charge >= 0.3 is 0 Å². The van der Waals surface area contributed by atoms with Gasteiger partial charge in [0, 0.05) is 26.2 Å². The van der Waals surface area contributed by atoms with Crippen LogP contribution in [0.4, 0.5) is 0 Å².